The molecule has 150 valence electrons. The number of nitrogens with zero attached hydrogens (tertiary/aromatic N) is 1. The zero-order chi connectivity index (χ0) is 21.4. The molecular weight excluding hydrogens is 385 g/mol. The van der Waals surface area contributed by atoms with E-state index >= 15 is 0 Å². The first-order valence-electron chi connectivity index (χ1n) is 11.3. The SMILES string of the molecule is CN(C)c1ccc2cc3c4c(ccc5ccc1c2c54)B(c1ccccc1)c1ccccc1-3. The van der Waals surface area contributed by atoms with E-state index in [4.69, 9.17) is 0 Å². The van der Waals surface area contributed by atoms with Gasteiger partial charge in [0, 0.05) is 25.2 Å². The number of benzene rings is 6. The molecule has 1 aliphatic rings. The molecule has 2 heteroatoms. The summed E-state index contributed by atoms with van der Waals surface area (Å²) in [4.78, 5) is 2.22. The second-order valence-electron chi connectivity index (χ2n) is 9.17. The molecule has 0 unspecified atom stereocenters. The van der Waals surface area contributed by atoms with Crippen LogP contribution in [0.25, 0.3) is 43.4 Å². The van der Waals surface area contributed by atoms with E-state index in [1.807, 2.05) is 0 Å². The average molecular weight is 407 g/mol. The van der Waals surface area contributed by atoms with Crippen LogP contribution in [-0.4, -0.2) is 20.8 Å². The van der Waals surface area contributed by atoms with Gasteiger partial charge in [0.15, 0.2) is 0 Å². The zero-order valence-electron chi connectivity index (χ0n) is 18.3. The minimum absolute atomic E-state index is 0.248. The van der Waals surface area contributed by atoms with E-state index in [9.17, 15) is 0 Å². The molecule has 6 aromatic carbocycles. The highest BCUT2D eigenvalue weighted by atomic mass is 15.1. The van der Waals surface area contributed by atoms with Gasteiger partial charge in [0.2, 0.25) is 6.71 Å². The largest absolute Gasteiger partial charge is 0.377 e. The highest BCUT2D eigenvalue weighted by Gasteiger charge is 2.32. The third-order valence-corrected chi connectivity index (χ3v) is 7.26. The average Bonchev–Trinajstić information content (AvgIpc) is 2.84. The molecule has 0 aromatic heterocycles. The topological polar surface area (TPSA) is 3.24 Å². The minimum atomic E-state index is 0.248. The summed E-state index contributed by atoms with van der Waals surface area (Å²) in [6.45, 7) is 0.248. The zero-order valence-corrected chi connectivity index (χ0v) is 18.3. The molecule has 32 heavy (non-hydrogen) atoms. The van der Waals surface area contributed by atoms with Crippen LogP contribution < -0.4 is 21.3 Å². The predicted octanol–water partition coefficient (Wildman–Crippen LogP) is 5.15. The van der Waals surface area contributed by atoms with Crippen molar-refractivity contribution in [1.29, 1.82) is 0 Å². The maximum Gasteiger partial charge on any atom is 0.242 e. The van der Waals surface area contributed by atoms with Crippen LogP contribution in [0.3, 0.4) is 0 Å². The van der Waals surface area contributed by atoms with Crippen molar-refractivity contribution in [3.8, 4) is 11.1 Å². The fourth-order valence-corrected chi connectivity index (χ4v) is 5.94. The van der Waals surface area contributed by atoms with Crippen molar-refractivity contribution in [3.63, 3.8) is 0 Å². The lowest BCUT2D eigenvalue weighted by Crippen LogP contribution is -2.54. The monoisotopic (exact) mass is 407 g/mol. The Morgan fingerprint density at radius 3 is 2.16 bits per heavy atom. The number of hydrogen-bond acceptors (Lipinski definition) is 1. The summed E-state index contributed by atoms with van der Waals surface area (Å²) in [5.74, 6) is 0. The van der Waals surface area contributed by atoms with Gasteiger partial charge >= 0.3 is 0 Å². The molecule has 1 nitrogen and oxygen atoms in total. The molecule has 0 atom stereocenters. The van der Waals surface area contributed by atoms with Crippen molar-refractivity contribution in [2.24, 2.45) is 0 Å². The van der Waals surface area contributed by atoms with Gasteiger partial charge in [-0.25, -0.2) is 0 Å². The van der Waals surface area contributed by atoms with E-state index in [0.29, 0.717) is 0 Å². The first-order valence-corrected chi connectivity index (χ1v) is 11.3. The highest BCUT2D eigenvalue weighted by molar-refractivity contribution is 6.98. The van der Waals surface area contributed by atoms with E-state index < -0.39 is 0 Å². The number of fused-ring (bicyclic) bond motifs is 2. The van der Waals surface area contributed by atoms with Crippen LogP contribution in [0.1, 0.15) is 0 Å². The lowest BCUT2D eigenvalue weighted by molar-refractivity contribution is 1.14. The number of rotatable bonds is 2. The van der Waals surface area contributed by atoms with Crippen molar-refractivity contribution in [3.05, 3.63) is 97.1 Å². The third-order valence-electron chi connectivity index (χ3n) is 7.26. The molecule has 0 bridgehead atoms. The van der Waals surface area contributed by atoms with Crippen LogP contribution in [0.15, 0.2) is 97.1 Å². The smallest absolute Gasteiger partial charge is 0.242 e. The third kappa shape index (κ3) is 2.24. The standard InChI is InChI=1S/C30H22BN/c1-32(2)27-17-14-20-18-24-22-10-6-7-11-25(22)31(21-8-4-3-5-9-21)26-16-13-19-12-15-23(27)28(20)29(19)30(24)26/h3-18H,1-2H3. The molecule has 6 aromatic rings. The van der Waals surface area contributed by atoms with E-state index in [-0.39, 0.29) is 6.71 Å². The molecule has 7 rings (SSSR count). The predicted molar refractivity (Wildman–Crippen MR) is 141 cm³/mol. The summed E-state index contributed by atoms with van der Waals surface area (Å²) >= 11 is 0. The van der Waals surface area contributed by atoms with Crippen molar-refractivity contribution in [2.45, 2.75) is 0 Å². The Balaban J connectivity index is 1.71. The van der Waals surface area contributed by atoms with Crippen LogP contribution in [-0.2, 0) is 0 Å². The Morgan fingerprint density at radius 2 is 1.31 bits per heavy atom. The van der Waals surface area contributed by atoms with Gasteiger partial charge in [-0.2, -0.15) is 0 Å². The Labute approximate surface area is 188 Å². The molecule has 0 N–H and O–H groups in total. The first kappa shape index (κ1) is 17.9. The molecule has 1 heterocycles. The quantitative estimate of drug-likeness (QED) is 0.283. The van der Waals surface area contributed by atoms with Crippen LogP contribution in [0.5, 0.6) is 0 Å². The van der Waals surface area contributed by atoms with Gasteiger partial charge in [0.25, 0.3) is 0 Å². The maximum atomic E-state index is 2.42. The van der Waals surface area contributed by atoms with Gasteiger partial charge in [-0.15, -0.1) is 0 Å². The van der Waals surface area contributed by atoms with Crippen LogP contribution in [0.4, 0.5) is 5.69 Å². The summed E-state index contributed by atoms with van der Waals surface area (Å²) in [6.07, 6.45) is 0. The molecule has 1 aliphatic heterocycles. The van der Waals surface area contributed by atoms with Crippen molar-refractivity contribution >= 4 is 61.1 Å². The molecule has 0 aliphatic carbocycles. The Kier molecular flexibility index (Phi) is 3.55. The second-order valence-corrected chi connectivity index (χ2v) is 9.17. The van der Waals surface area contributed by atoms with E-state index in [1.54, 1.807) is 0 Å². The summed E-state index contributed by atoms with van der Waals surface area (Å²) < 4.78 is 0. The molecule has 0 amide bonds. The molecule has 0 spiro atoms. The highest BCUT2D eigenvalue weighted by Crippen LogP contribution is 2.43. The lowest BCUT2D eigenvalue weighted by atomic mass is 9.33. The lowest BCUT2D eigenvalue weighted by Gasteiger charge is -2.29. The first-order chi connectivity index (χ1) is 15.7. The summed E-state index contributed by atoms with van der Waals surface area (Å²) in [7, 11) is 4.27. The fourth-order valence-electron chi connectivity index (χ4n) is 5.94. The van der Waals surface area contributed by atoms with Gasteiger partial charge in [-0.3, -0.25) is 0 Å². The van der Waals surface area contributed by atoms with Crippen molar-refractivity contribution in [2.75, 3.05) is 19.0 Å². The fraction of sp³-hybridized carbons (Fsp3) is 0.0667. The molecule has 0 saturated carbocycles. The molecule has 0 fully saturated rings. The van der Waals surface area contributed by atoms with E-state index in [2.05, 4.69) is 116 Å². The number of hydrogen-bond donors (Lipinski definition) is 0. The van der Waals surface area contributed by atoms with Crippen molar-refractivity contribution < 1.29 is 0 Å². The van der Waals surface area contributed by atoms with Gasteiger partial charge in [0.1, 0.15) is 0 Å². The van der Waals surface area contributed by atoms with Crippen LogP contribution in [0, 0.1) is 0 Å². The van der Waals surface area contributed by atoms with Gasteiger partial charge < -0.3 is 4.90 Å². The summed E-state index contributed by atoms with van der Waals surface area (Å²) in [5.41, 5.74) is 8.18. The minimum Gasteiger partial charge on any atom is -0.377 e. The van der Waals surface area contributed by atoms with Gasteiger partial charge in [-0.05, 0) is 50.2 Å². The maximum absolute atomic E-state index is 2.42. The summed E-state index contributed by atoms with van der Waals surface area (Å²) in [6, 6.07) is 36.2. The molecule has 0 saturated heterocycles. The van der Waals surface area contributed by atoms with E-state index in [1.165, 1.54) is 65.5 Å². The summed E-state index contributed by atoms with van der Waals surface area (Å²) in [5, 5.41) is 8.20. The Morgan fingerprint density at radius 1 is 0.562 bits per heavy atom. The van der Waals surface area contributed by atoms with Gasteiger partial charge in [0.05, 0.1) is 0 Å². The van der Waals surface area contributed by atoms with Crippen molar-refractivity contribution in [1.82, 2.24) is 0 Å². The normalized spacial score (nSPS) is 12.6. The van der Waals surface area contributed by atoms with E-state index in [0.717, 1.165) is 0 Å². The second kappa shape index (κ2) is 6.37. The number of anilines is 1. The van der Waals surface area contributed by atoms with Gasteiger partial charge in [-0.1, -0.05) is 101 Å². The van der Waals surface area contributed by atoms with Crippen LogP contribution >= 0.6 is 0 Å². The van der Waals surface area contributed by atoms with Crippen LogP contribution in [0.2, 0.25) is 0 Å². The molecular formula is C30H22BN. The molecule has 0 radical (unpaired) electrons. The Hall–Kier alpha value is -3.78. The Bertz CT molecular complexity index is 1650.